The summed E-state index contributed by atoms with van der Waals surface area (Å²) in [6, 6.07) is 7.60. The van der Waals surface area contributed by atoms with Crippen molar-refractivity contribution < 1.29 is 13.2 Å². The minimum Gasteiger partial charge on any atom is -0.355 e. The lowest BCUT2D eigenvalue weighted by Crippen LogP contribution is -2.43. The van der Waals surface area contributed by atoms with Crippen LogP contribution in [0.3, 0.4) is 0 Å². The Kier molecular flexibility index (Phi) is 7.83. The summed E-state index contributed by atoms with van der Waals surface area (Å²) in [6.07, 6.45) is 6.52. The molecule has 1 N–H and O–H groups in total. The maximum absolute atomic E-state index is 12.7. The summed E-state index contributed by atoms with van der Waals surface area (Å²) in [5.74, 6) is 1.03. The molecule has 1 aliphatic carbocycles. The molecular formula is C21H32N2O3S2. The van der Waals surface area contributed by atoms with Gasteiger partial charge in [0.05, 0.1) is 5.75 Å². The van der Waals surface area contributed by atoms with E-state index in [1.165, 1.54) is 25.7 Å². The van der Waals surface area contributed by atoms with Gasteiger partial charge in [0.25, 0.3) is 0 Å². The van der Waals surface area contributed by atoms with E-state index in [2.05, 4.69) is 5.32 Å². The van der Waals surface area contributed by atoms with Gasteiger partial charge in [0.1, 0.15) is 0 Å². The van der Waals surface area contributed by atoms with Crippen molar-refractivity contribution in [3.63, 3.8) is 0 Å². The highest BCUT2D eigenvalue weighted by molar-refractivity contribution is 7.99. The van der Waals surface area contributed by atoms with E-state index >= 15 is 0 Å². The summed E-state index contributed by atoms with van der Waals surface area (Å²) in [5.41, 5.74) is 1.85. The van der Waals surface area contributed by atoms with Crippen LogP contribution in [0.25, 0.3) is 0 Å². The molecule has 1 aromatic rings. The molecule has 0 spiro atoms. The first-order chi connectivity index (χ1) is 13.5. The Labute approximate surface area is 173 Å². The Balaban J connectivity index is 1.40. The van der Waals surface area contributed by atoms with Crippen molar-refractivity contribution in [1.29, 1.82) is 0 Å². The molecule has 0 bridgehead atoms. The predicted octanol–water partition coefficient (Wildman–Crippen LogP) is 3.33. The number of carbonyl (C=O) groups is 1. The van der Waals surface area contributed by atoms with E-state index in [-0.39, 0.29) is 17.6 Å². The van der Waals surface area contributed by atoms with E-state index in [0.29, 0.717) is 32.5 Å². The van der Waals surface area contributed by atoms with Crippen molar-refractivity contribution in [2.24, 2.45) is 5.92 Å². The first-order valence-corrected chi connectivity index (χ1v) is 13.0. The van der Waals surface area contributed by atoms with E-state index in [0.717, 1.165) is 22.1 Å². The Morgan fingerprint density at radius 1 is 1.14 bits per heavy atom. The number of piperidine rings is 1. The normalized spacial score (nSPS) is 19.8. The van der Waals surface area contributed by atoms with Gasteiger partial charge in [-0.3, -0.25) is 4.79 Å². The van der Waals surface area contributed by atoms with Gasteiger partial charge in [-0.05, 0) is 43.7 Å². The number of rotatable bonds is 8. The average Bonchev–Trinajstić information content (AvgIpc) is 3.20. The number of hydrogen-bond acceptors (Lipinski definition) is 4. The molecule has 3 rings (SSSR count). The van der Waals surface area contributed by atoms with Crippen LogP contribution in [-0.2, 0) is 20.6 Å². The molecule has 0 aromatic heterocycles. The minimum atomic E-state index is -3.34. The van der Waals surface area contributed by atoms with Gasteiger partial charge in [0.2, 0.25) is 15.9 Å². The molecule has 0 unspecified atom stereocenters. The molecule has 2 fully saturated rings. The molecule has 156 valence electrons. The highest BCUT2D eigenvalue weighted by Gasteiger charge is 2.31. The molecule has 2 aliphatic rings. The number of amides is 1. The Morgan fingerprint density at radius 2 is 1.82 bits per heavy atom. The molecule has 1 aliphatic heterocycles. The van der Waals surface area contributed by atoms with E-state index in [9.17, 15) is 13.2 Å². The summed E-state index contributed by atoms with van der Waals surface area (Å²) in [6.45, 7) is 3.52. The lowest BCUT2D eigenvalue weighted by atomic mass is 9.97. The zero-order chi connectivity index (χ0) is 20.0. The first-order valence-electron chi connectivity index (χ1n) is 10.4. The van der Waals surface area contributed by atoms with Gasteiger partial charge in [0.15, 0.2) is 0 Å². The van der Waals surface area contributed by atoms with Gasteiger partial charge >= 0.3 is 0 Å². The number of sulfonamides is 1. The van der Waals surface area contributed by atoms with Crippen LogP contribution in [0.5, 0.6) is 0 Å². The van der Waals surface area contributed by atoms with E-state index in [1.807, 2.05) is 43.0 Å². The third-order valence-electron chi connectivity index (χ3n) is 5.87. The molecule has 5 nitrogen and oxygen atoms in total. The van der Waals surface area contributed by atoms with Gasteiger partial charge in [-0.25, -0.2) is 12.7 Å². The summed E-state index contributed by atoms with van der Waals surface area (Å²) >= 11 is 1.98. The highest BCUT2D eigenvalue weighted by atomic mass is 32.2. The monoisotopic (exact) mass is 424 g/mol. The lowest BCUT2D eigenvalue weighted by molar-refractivity contribution is -0.125. The maximum Gasteiger partial charge on any atom is 0.223 e. The largest absolute Gasteiger partial charge is 0.355 e. The molecule has 1 saturated carbocycles. The second-order valence-electron chi connectivity index (χ2n) is 7.92. The van der Waals surface area contributed by atoms with E-state index < -0.39 is 10.0 Å². The first kappa shape index (κ1) is 21.7. The molecule has 1 saturated heterocycles. The maximum atomic E-state index is 12.7. The third kappa shape index (κ3) is 5.97. The second-order valence-corrected chi connectivity index (χ2v) is 11.3. The summed E-state index contributed by atoms with van der Waals surface area (Å²) in [5, 5.41) is 3.83. The fourth-order valence-corrected chi connectivity index (χ4v) is 6.94. The van der Waals surface area contributed by atoms with Crippen LogP contribution in [-0.4, -0.2) is 49.3 Å². The molecule has 1 aromatic carbocycles. The standard InChI is InChI=1S/C21H32N2O3S2/c1-17-6-2-3-7-19(17)16-28(25,26)23-13-10-18(11-14-23)21(24)22-12-15-27-20-8-4-5-9-20/h2-3,6-7,18,20H,4-5,8-16H2,1H3,(H,22,24). The summed E-state index contributed by atoms with van der Waals surface area (Å²) in [7, 11) is -3.34. The molecule has 7 heteroatoms. The SMILES string of the molecule is Cc1ccccc1CS(=O)(=O)N1CCC(C(=O)NCCSC2CCCC2)CC1. The van der Waals surface area contributed by atoms with Crippen LogP contribution in [0.2, 0.25) is 0 Å². The second kappa shape index (κ2) is 10.1. The molecule has 28 heavy (non-hydrogen) atoms. The van der Waals surface area contributed by atoms with Gasteiger partial charge in [-0.15, -0.1) is 0 Å². The van der Waals surface area contributed by atoms with E-state index in [1.54, 1.807) is 4.31 Å². The van der Waals surface area contributed by atoms with Crippen molar-refractivity contribution >= 4 is 27.7 Å². The average molecular weight is 425 g/mol. The van der Waals surface area contributed by atoms with Gasteiger partial charge in [-0.2, -0.15) is 11.8 Å². The molecule has 0 atom stereocenters. The van der Waals surface area contributed by atoms with Crippen molar-refractivity contribution in [3.8, 4) is 0 Å². The van der Waals surface area contributed by atoms with Crippen molar-refractivity contribution in [2.45, 2.75) is 56.5 Å². The zero-order valence-electron chi connectivity index (χ0n) is 16.7. The number of carbonyl (C=O) groups excluding carboxylic acids is 1. The van der Waals surface area contributed by atoms with Crippen LogP contribution < -0.4 is 5.32 Å². The van der Waals surface area contributed by atoms with Crippen LogP contribution in [0.15, 0.2) is 24.3 Å². The highest BCUT2D eigenvalue weighted by Crippen LogP contribution is 2.29. The Morgan fingerprint density at radius 3 is 2.50 bits per heavy atom. The Hall–Kier alpha value is -1.05. The number of thioether (sulfide) groups is 1. The van der Waals surface area contributed by atoms with Crippen molar-refractivity contribution in [1.82, 2.24) is 9.62 Å². The molecule has 1 heterocycles. The van der Waals surface area contributed by atoms with Crippen LogP contribution in [0.4, 0.5) is 0 Å². The van der Waals surface area contributed by atoms with Crippen LogP contribution in [0.1, 0.15) is 49.7 Å². The number of benzene rings is 1. The van der Waals surface area contributed by atoms with Crippen LogP contribution in [0, 0.1) is 12.8 Å². The van der Waals surface area contributed by atoms with Crippen molar-refractivity contribution in [3.05, 3.63) is 35.4 Å². The van der Waals surface area contributed by atoms with Gasteiger partial charge in [0, 0.05) is 36.6 Å². The number of nitrogens with one attached hydrogen (secondary N) is 1. The lowest BCUT2D eigenvalue weighted by Gasteiger charge is -2.30. The zero-order valence-corrected chi connectivity index (χ0v) is 18.4. The number of hydrogen-bond donors (Lipinski definition) is 1. The van der Waals surface area contributed by atoms with E-state index in [4.69, 9.17) is 0 Å². The smallest absolute Gasteiger partial charge is 0.223 e. The third-order valence-corrected chi connectivity index (χ3v) is 9.08. The minimum absolute atomic E-state index is 0.0366. The topological polar surface area (TPSA) is 66.5 Å². The van der Waals surface area contributed by atoms with Crippen LogP contribution >= 0.6 is 11.8 Å². The number of nitrogens with zero attached hydrogens (tertiary/aromatic N) is 1. The fourth-order valence-electron chi connectivity index (χ4n) is 4.06. The number of aryl methyl sites for hydroxylation is 1. The van der Waals surface area contributed by atoms with Crippen molar-refractivity contribution in [2.75, 3.05) is 25.4 Å². The summed E-state index contributed by atoms with van der Waals surface area (Å²) in [4.78, 5) is 12.4. The molecular weight excluding hydrogens is 392 g/mol. The predicted molar refractivity (Wildman–Crippen MR) is 116 cm³/mol. The quantitative estimate of drug-likeness (QED) is 0.650. The van der Waals surface area contributed by atoms with Gasteiger partial charge < -0.3 is 5.32 Å². The molecule has 0 radical (unpaired) electrons. The van der Waals surface area contributed by atoms with Gasteiger partial charge in [-0.1, -0.05) is 37.1 Å². The fraction of sp³-hybridized carbons (Fsp3) is 0.667. The molecule has 1 amide bonds. The Bertz CT molecular complexity index is 753. The summed E-state index contributed by atoms with van der Waals surface area (Å²) < 4.78 is 27.0.